The van der Waals surface area contributed by atoms with Crippen molar-refractivity contribution in [2.45, 2.75) is 43.9 Å². The van der Waals surface area contributed by atoms with Gasteiger partial charge in [-0.15, -0.1) is 5.10 Å². The molecule has 0 spiro atoms. The van der Waals surface area contributed by atoms with Crippen LogP contribution in [0.25, 0.3) is 28.1 Å². The highest BCUT2D eigenvalue weighted by Crippen LogP contribution is 2.64. The molecule has 0 amide bonds. The van der Waals surface area contributed by atoms with Crippen molar-refractivity contribution in [2.24, 2.45) is 29.6 Å². The number of pyridine rings is 1. The Morgan fingerprint density at radius 1 is 0.825 bits per heavy atom. The first kappa shape index (κ1) is 35.3. The topological polar surface area (TPSA) is 99.2 Å². The largest absolute Gasteiger partial charge is 0.466 e. The third-order valence-electron chi connectivity index (χ3n) is 12.4. The Hall–Kier alpha value is -6.11. The molecule has 0 aliphatic heterocycles. The molecule has 0 saturated heterocycles. The second-order valence-electron chi connectivity index (χ2n) is 15.3. The van der Waals surface area contributed by atoms with Crippen LogP contribution in [0.5, 0.6) is 0 Å². The Morgan fingerprint density at radius 3 is 2.05 bits per heavy atom. The maximum Gasteiger partial charge on any atom is 0.433 e. The minimum Gasteiger partial charge on any atom is -0.466 e. The second kappa shape index (κ2) is 13.2. The molecule has 4 aliphatic carbocycles. The van der Waals surface area contributed by atoms with Crippen LogP contribution in [0.15, 0.2) is 115 Å². The molecule has 288 valence electrons. The molecule has 4 aliphatic rings. The van der Waals surface area contributed by atoms with E-state index in [1.165, 1.54) is 12.1 Å². The Kier molecular flexibility index (Phi) is 8.21. The number of hydrogen-bond donors (Lipinski definition) is 1. The van der Waals surface area contributed by atoms with Gasteiger partial charge in [0.25, 0.3) is 0 Å². The third-order valence-corrected chi connectivity index (χ3v) is 12.4. The van der Waals surface area contributed by atoms with Crippen molar-refractivity contribution in [1.82, 2.24) is 29.4 Å². The molecule has 4 heterocycles. The van der Waals surface area contributed by atoms with Crippen LogP contribution in [-0.2, 0) is 21.2 Å². The molecular weight excluding hydrogens is 735 g/mol. The number of esters is 1. The van der Waals surface area contributed by atoms with Crippen LogP contribution in [0.2, 0.25) is 0 Å². The molecule has 2 unspecified atom stereocenters. The number of rotatable bonds is 9. The average Bonchev–Trinajstić information content (AvgIpc) is 3.80. The van der Waals surface area contributed by atoms with Crippen molar-refractivity contribution in [3.63, 3.8) is 0 Å². The molecule has 13 heteroatoms. The molecule has 4 aromatic heterocycles. The summed E-state index contributed by atoms with van der Waals surface area (Å²) in [6, 6.07) is 32.2. The van der Waals surface area contributed by atoms with E-state index in [0.717, 1.165) is 52.7 Å². The molecule has 57 heavy (non-hydrogen) atoms. The zero-order valence-electron chi connectivity index (χ0n) is 30.8. The lowest BCUT2D eigenvalue weighted by Gasteiger charge is -2.47. The predicted molar refractivity (Wildman–Crippen MR) is 204 cm³/mol. The fourth-order valence-corrected chi connectivity index (χ4v) is 10.1. The van der Waals surface area contributed by atoms with E-state index in [-0.39, 0.29) is 58.3 Å². The van der Waals surface area contributed by atoms with Gasteiger partial charge in [-0.1, -0.05) is 91.0 Å². The van der Waals surface area contributed by atoms with Crippen molar-refractivity contribution in [1.29, 1.82) is 0 Å². The van der Waals surface area contributed by atoms with E-state index in [9.17, 15) is 18.0 Å². The standard InChI is InChI=1S/C44H37F4N7O2/c1-2-57-42(56)36-29-18-19-30(32-23-31(29)32)37(36)50-39-34-20-21-35(44(46,47)48)54(34)53-40(51-39)38-33-22-28(45)24-49-41(33)55(52-38)43(25-12-6-3-7-13-25,26-14-8-4-9-15-26)27-16-10-5-11-17-27/h3-17,20-22,24,29-32,36-37H,2,18-19,23H2,1H3,(H,50,51,53)/t29-,30+,31?,32?,36+,37+/m0/s1. The van der Waals surface area contributed by atoms with E-state index in [1.54, 1.807) is 11.6 Å². The number of carbonyl (C=O) groups excluding carboxylic acids is 1. The first-order valence-corrected chi connectivity index (χ1v) is 19.3. The third kappa shape index (κ3) is 5.53. The fourth-order valence-electron chi connectivity index (χ4n) is 10.1. The van der Waals surface area contributed by atoms with Crippen molar-refractivity contribution < 1.29 is 27.1 Å². The van der Waals surface area contributed by atoms with Crippen molar-refractivity contribution >= 4 is 28.3 Å². The number of fused-ring (bicyclic) bond motifs is 4. The van der Waals surface area contributed by atoms with Gasteiger partial charge in [-0.05, 0) is 84.7 Å². The Bertz CT molecular complexity index is 2530. The molecule has 11 rings (SSSR count). The summed E-state index contributed by atoms with van der Waals surface area (Å²) in [6.07, 6.45) is -0.866. The number of aromatic nitrogens is 6. The van der Waals surface area contributed by atoms with Crippen molar-refractivity contribution in [2.75, 3.05) is 11.9 Å². The van der Waals surface area contributed by atoms with Crippen molar-refractivity contribution in [3.05, 3.63) is 144 Å². The summed E-state index contributed by atoms with van der Waals surface area (Å²) in [7, 11) is 0. The number of ether oxygens (including phenoxy) is 1. The second-order valence-corrected chi connectivity index (χ2v) is 15.3. The van der Waals surface area contributed by atoms with Crippen LogP contribution in [0.1, 0.15) is 48.6 Å². The van der Waals surface area contributed by atoms with E-state index < -0.39 is 35.2 Å². The number of carbonyl (C=O) groups is 1. The van der Waals surface area contributed by atoms with Crippen LogP contribution in [-0.4, -0.2) is 48.0 Å². The van der Waals surface area contributed by atoms with Gasteiger partial charge in [0.15, 0.2) is 11.5 Å². The summed E-state index contributed by atoms with van der Waals surface area (Å²) in [6.45, 7) is 1.99. The predicted octanol–water partition coefficient (Wildman–Crippen LogP) is 8.77. The Balaban J connectivity index is 1.23. The Labute approximate surface area is 324 Å². The summed E-state index contributed by atoms with van der Waals surface area (Å²) in [5.41, 5.74) is 0.593. The SMILES string of the molecule is CCOC(=O)[C@H]1[C@H](Nc2nc(-c3nn(C(c4ccccc4)(c4ccccc4)c4ccccc4)c4ncc(F)cc34)nn3c(C(F)(F)F)ccc23)[C@@H]2CC[C@H]1C1CC12. The number of halogens is 4. The molecule has 0 radical (unpaired) electrons. The summed E-state index contributed by atoms with van der Waals surface area (Å²) >= 11 is 0. The minimum absolute atomic E-state index is 0.0327. The first-order chi connectivity index (χ1) is 27.7. The van der Waals surface area contributed by atoms with E-state index in [1.807, 2.05) is 91.0 Å². The zero-order valence-corrected chi connectivity index (χ0v) is 30.8. The molecule has 9 nitrogen and oxygen atoms in total. The highest BCUT2D eigenvalue weighted by atomic mass is 19.4. The number of nitrogens with zero attached hydrogens (tertiary/aromatic N) is 6. The van der Waals surface area contributed by atoms with E-state index in [2.05, 4.69) is 15.4 Å². The molecule has 2 bridgehead atoms. The maximum absolute atomic E-state index is 15.4. The summed E-state index contributed by atoms with van der Waals surface area (Å²) in [5, 5.41) is 13.4. The van der Waals surface area contributed by atoms with Gasteiger partial charge in [-0.2, -0.15) is 18.3 Å². The summed E-state index contributed by atoms with van der Waals surface area (Å²) < 4.78 is 67.6. The van der Waals surface area contributed by atoms with Gasteiger partial charge >= 0.3 is 12.1 Å². The number of benzene rings is 3. The zero-order chi connectivity index (χ0) is 39.1. The van der Waals surface area contributed by atoms with Crippen LogP contribution in [0.4, 0.5) is 23.4 Å². The lowest BCUT2D eigenvalue weighted by Crippen LogP contribution is -2.53. The number of nitrogens with one attached hydrogen (secondary N) is 1. The van der Waals surface area contributed by atoms with Crippen LogP contribution < -0.4 is 5.32 Å². The lowest BCUT2D eigenvalue weighted by atomic mass is 9.61. The van der Waals surface area contributed by atoms with Gasteiger partial charge in [-0.25, -0.2) is 23.6 Å². The van der Waals surface area contributed by atoms with Gasteiger partial charge in [0.05, 0.1) is 24.1 Å². The van der Waals surface area contributed by atoms with E-state index in [4.69, 9.17) is 14.8 Å². The quantitative estimate of drug-likeness (QED) is 0.0891. The summed E-state index contributed by atoms with van der Waals surface area (Å²) in [5.74, 6) is -0.415. The molecule has 4 fully saturated rings. The number of hydrogen-bond acceptors (Lipinski definition) is 7. The molecule has 4 saturated carbocycles. The molecule has 7 aromatic rings. The van der Waals surface area contributed by atoms with Crippen LogP contribution in [0, 0.1) is 35.4 Å². The van der Waals surface area contributed by atoms with Crippen LogP contribution >= 0.6 is 0 Å². The number of anilines is 1. The van der Waals surface area contributed by atoms with Gasteiger partial charge in [0, 0.05) is 6.04 Å². The highest BCUT2D eigenvalue weighted by molar-refractivity contribution is 5.90. The molecule has 3 aromatic carbocycles. The monoisotopic (exact) mass is 771 g/mol. The van der Waals surface area contributed by atoms with Gasteiger partial charge < -0.3 is 10.1 Å². The number of alkyl halides is 3. The van der Waals surface area contributed by atoms with Crippen LogP contribution in [0.3, 0.4) is 0 Å². The highest BCUT2D eigenvalue weighted by Gasteiger charge is 2.63. The minimum atomic E-state index is -4.77. The fraction of sp³-hybridized carbons (Fsp3) is 0.295. The van der Waals surface area contributed by atoms with Gasteiger partial charge in [-0.3, -0.25) is 4.79 Å². The van der Waals surface area contributed by atoms with Gasteiger partial charge in [0.1, 0.15) is 28.3 Å². The maximum atomic E-state index is 15.4. The first-order valence-electron chi connectivity index (χ1n) is 19.3. The molecule has 1 N–H and O–H groups in total. The Morgan fingerprint density at radius 2 is 1.44 bits per heavy atom. The van der Waals surface area contributed by atoms with E-state index >= 15 is 4.39 Å². The van der Waals surface area contributed by atoms with Crippen molar-refractivity contribution in [3.8, 4) is 11.5 Å². The van der Waals surface area contributed by atoms with Gasteiger partial charge in [0.2, 0.25) is 5.82 Å². The lowest BCUT2D eigenvalue weighted by molar-refractivity contribution is -0.155. The summed E-state index contributed by atoms with van der Waals surface area (Å²) in [4.78, 5) is 23.1. The molecule has 6 atom stereocenters. The normalized spacial score (nSPS) is 22.8. The smallest absolute Gasteiger partial charge is 0.433 e. The van der Waals surface area contributed by atoms with E-state index in [0.29, 0.717) is 11.8 Å². The average molecular weight is 772 g/mol. The molecular formula is C44H37F4N7O2.